The molecule has 6 heteroatoms. The van der Waals surface area contributed by atoms with Crippen molar-refractivity contribution in [3.63, 3.8) is 0 Å². The summed E-state index contributed by atoms with van der Waals surface area (Å²) in [6.07, 6.45) is 2.40. The van der Waals surface area contributed by atoms with Gasteiger partial charge in [0.05, 0.1) is 0 Å². The van der Waals surface area contributed by atoms with Crippen molar-refractivity contribution in [2.75, 3.05) is 5.88 Å². The Morgan fingerprint density at radius 2 is 2.04 bits per heavy atom. The molecule has 1 aliphatic heterocycles. The topological polar surface area (TPSA) is 44.1 Å². The summed E-state index contributed by atoms with van der Waals surface area (Å²) in [6.45, 7) is 13.8. The Balaban J connectivity index is 2.42. The fraction of sp³-hybridized carbons (Fsp3) is 0.765. The Kier molecular flexibility index (Phi) is 5.43. The third-order valence-electron chi connectivity index (χ3n) is 5.22. The summed E-state index contributed by atoms with van der Waals surface area (Å²) < 4.78 is 8.39. The van der Waals surface area contributed by atoms with Gasteiger partial charge in [-0.2, -0.15) is 0 Å². The molecule has 1 aromatic rings. The quantitative estimate of drug-likeness (QED) is 0.600. The summed E-state index contributed by atoms with van der Waals surface area (Å²) in [5.41, 5.74) is 1.61. The van der Waals surface area contributed by atoms with Crippen LogP contribution in [0.15, 0.2) is 4.79 Å². The molecule has 0 amide bonds. The number of alkyl halides is 1. The van der Waals surface area contributed by atoms with Gasteiger partial charge in [0.1, 0.15) is 11.9 Å². The number of rotatable bonds is 4. The molecule has 0 bridgehead atoms. The van der Waals surface area contributed by atoms with Crippen LogP contribution in [-0.2, 0) is 17.4 Å². The lowest BCUT2D eigenvalue weighted by atomic mass is 10.1. The van der Waals surface area contributed by atoms with Crippen LogP contribution in [0.25, 0.3) is 0 Å². The van der Waals surface area contributed by atoms with Crippen molar-refractivity contribution in [2.24, 2.45) is 0 Å². The molecule has 2 rings (SSSR count). The van der Waals surface area contributed by atoms with E-state index in [0.29, 0.717) is 12.3 Å². The maximum Gasteiger partial charge on any atom is 0.257 e. The molecule has 4 nitrogen and oxygen atoms in total. The summed E-state index contributed by atoms with van der Waals surface area (Å²) in [5.74, 6) is 1.25. The van der Waals surface area contributed by atoms with E-state index in [9.17, 15) is 4.79 Å². The molecule has 1 aliphatic rings. The maximum atomic E-state index is 12.8. The summed E-state index contributed by atoms with van der Waals surface area (Å²) in [5, 5.41) is 0.142. The van der Waals surface area contributed by atoms with E-state index in [-0.39, 0.29) is 16.7 Å². The third-order valence-corrected chi connectivity index (χ3v) is 9.90. The van der Waals surface area contributed by atoms with Crippen molar-refractivity contribution in [3.8, 4) is 0 Å². The molecule has 0 aromatic carbocycles. The molecule has 0 N–H and O–H groups in total. The predicted molar refractivity (Wildman–Crippen MR) is 97.9 cm³/mol. The second-order valence-electron chi connectivity index (χ2n) is 7.94. The maximum absolute atomic E-state index is 12.8. The van der Waals surface area contributed by atoms with Crippen LogP contribution in [0.3, 0.4) is 0 Å². The number of aryl methyl sites for hydroxylation is 1. The number of halogens is 1. The van der Waals surface area contributed by atoms with E-state index < -0.39 is 8.32 Å². The van der Waals surface area contributed by atoms with E-state index in [1.165, 1.54) is 0 Å². The fourth-order valence-electron chi connectivity index (χ4n) is 2.77. The van der Waals surface area contributed by atoms with Crippen molar-refractivity contribution in [3.05, 3.63) is 27.4 Å². The molecule has 2 heterocycles. The van der Waals surface area contributed by atoms with E-state index in [1.807, 2.05) is 11.5 Å². The normalized spacial score (nSPS) is 18.8. The van der Waals surface area contributed by atoms with Crippen LogP contribution in [0.4, 0.5) is 0 Å². The first-order valence-electron chi connectivity index (χ1n) is 8.42. The van der Waals surface area contributed by atoms with Gasteiger partial charge in [-0.1, -0.05) is 20.8 Å². The van der Waals surface area contributed by atoms with Crippen LogP contribution in [-0.4, -0.2) is 23.7 Å². The van der Waals surface area contributed by atoms with Gasteiger partial charge in [0.25, 0.3) is 5.56 Å². The molecule has 1 unspecified atom stereocenters. The molecule has 0 aliphatic carbocycles. The summed E-state index contributed by atoms with van der Waals surface area (Å²) in [7, 11) is -1.90. The van der Waals surface area contributed by atoms with Gasteiger partial charge in [0.15, 0.2) is 8.32 Å². The molecule has 23 heavy (non-hydrogen) atoms. The van der Waals surface area contributed by atoms with Gasteiger partial charge in [-0.15, -0.1) is 11.6 Å². The van der Waals surface area contributed by atoms with E-state index in [1.54, 1.807) is 0 Å². The minimum Gasteiger partial charge on any atom is -0.407 e. The van der Waals surface area contributed by atoms with Gasteiger partial charge in [-0.25, -0.2) is 4.98 Å². The molecule has 1 aromatic heterocycles. The Morgan fingerprint density at radius 1 is 1.39 bits per heavy atom. The second-order valence-corrected chi connectivity index (χ2v) is 13.1. The van der Waals surface area contributed by atoms with Crippen molar-refractivity contribution in [2.45, 2.75) is 77.7 Å². The van der Waals surface area contributed by atoms with Crippen LogP contribution >= 0.6 is 11.6 Å². The second kappa shape index (κ2) is 6.69. The van der Waals surface area contributed by atoms with Crippen molar-refractivity contribution >= 4 is 19.9 Å². The van der Waals surface area contributed by atoms with E-state index in [2.05, 4.69) is 33.9 Å². The number of aromatic nitrogens is 2. The average Bonchev–Trinajstić information content (AvgIpc) is 2.43. The zero-order chi connectivity index (χ0) is 17.4. The highest BCUT2D eigenvalue weighted by Crippen LogP contribution is 2.41. The first-order valence-corrected chi connectivity index (χ1v) is 11.9. The molecule has 0 saturated heterocycles. The first kappa shape index (κ1) is 18.7. The Bertz CT molecular complexity index is 635. The van der Waals surface area contributed by atoms with Crippen LogP contribution in [0, 0.1) is 6.92 Å². The van der Waals surface area contributed by atoms with E-state index in [4.69, 9.17) is 21.0 Å². The fourth-order valence-corrected chi connectivity index (χ4v) is 4.25. The van der Waals surface area contributed by atoms with Gasteiger partial charge >= 0.3 is 0 Å². The van der Waals surface area contributed by atoms with Crippen LogP contribution in [0.1, 0.15) is 56.8 Å². The number of nitrogens with zero attached hydrogens (tertiary/aromatic N) is 2. The Hall–Kier alpha value is -0.653. The molecular formula is C17H29ClN2O2Si. The number of fused-ring (bicyclic) bond motifs is 1. The molecule has 0 spiro atoms. The molecule has 0 radical (unpaired) electrons. The van der Waals surface area contributed by atoms with E-state index >= 15 is 0 Å². The smallest absolute Gasteiger partial charge is 0.257 e. The average molecular weight is 357 g/mol. The first-order chi connectivity index (χ1) is 10.6. The number of hydrogen-bond donors (Lipinski definition) is 0. The third kappa shape index (κ3) is 3.72. The molecule has 0 saturated carbocycles. The monoisotopic (exact) mass is 356 g/mol. The van der Waals surface area contributed by atoms with Crippen LogP contribution < -0.4 is 5.56 Å². The standard InChI is InChI=1S/C17H29ClN2O2Si/c1-12-13(9-10-18)16(21)20-11-7-8-14(15(20)19-12)22-23(5,6)17(2,3)4/h14H,7-11H2,1-6H3. The Morgan fingerprint density at radius 3 is 2.61 bits per heavy atom. The van der Waals surface area contributed by atoms with Gasteiger partial charge in [-0.3, -0.25) is 9.36 Å². The lowest BCUT2D eigenvalue weighted by Gasteiger charge is -2.40. The summed E-state index contributed by atoms with van der Waals surface area (Å²) >= 11 is 5.83. The van der Waals surface area contributed by atoms with E-state index in [0.717, 1.165) is 36.5 Å². The lowest BCUT2D eigenvalue weighted by Crippen LogP contribution is -2.44. The van der Waals surface area contributed by atoms with Gasteiger partial charge < -0.3 is 4.43 Å². The summed E-state index contributed by atoms with van der Waals surface area (Å²) in [4.78, 5) is 17.5. The minimum atomic E-state index is -1.90. The van der Waals surface area contributed by atoms with Gasteiger partial charge in [0.2, 0.25) is 0 Å². The highest BCUT2D eigenvalue weighted by Gasteiger charge is 2.41. The molecular weight excluding hydrogens is 328 g/mol. The van der Waals surface area contributed by atoms with Crippen molar-refractivity contribution < 1.29 is 4.43 Å². The zero-order valence-electron chi connectivity index (χ0n) is 15.2. The number of hydrogen-bond acceptors (Lipinski definition) is 3. The van der Waals surface area contributed by atoms with Gasteiger partial charge in [-0.05, 0) is 44.3 Å². The highest BCUT2D eigenvalue weighted by atomic mass is 35.5. The van der Waals surface area contributed by atoms with Crippen molar-refractivity contribution in [1.82, 2.24) is 9.55 Å². The molecule has 0 fully saturated rings. The minimum absolute atomic E-state index is 0.0664. The summed E-state index contributed by atoms with van der Waals surface area (Å²) in [6, 6.07) is 0. The lowest BCUT2D eigenvalue weighted by molar-refractivity contribution is 0.137. The SMILES string of the molecule is Cc1nc2n(c(=O)c1CCCl)CCCC2O[Si](C)(C)C(C)(C)C. The molecule has 130 valence electrons. The van der Waals surface area contributed by atoms with Crippen LogP contribution in [0.5, 0.6) is 0 Å². The predicted octanol–water partition coefficient (Wildman–Crippen LogP) is 4.19. The largest absolute Gasteiger partial charge is 0.407 e. The van der Waals surface area contributed by atoms with Crippen molar-refractivity contribution in [1.29, 1.82) is 0 Å². The highest BCUT2D eigenvalue weighted by molar-refractivity contribution is 6.74. The zero-order valence-corrected chi connectivity index (χ0v) is 17.0. The van der Waals surface area contributed by atoms with Crippen LogP contribution in [0.2, 0.25) is 18.1 Å². The molecule has 1 atom stereocenters. The van der Waals surface area contributed by atoms with Gasteiger partial charge in [0, 0.05) is 23.7 Å². The Labute approximate surface area is 145 Å².